The van der Waals surface area contributed by atoms with Crippen LogP contribution in [0.25, 0.3) is 0 Å². The first-order chi connectivity index (χ1) is 9.38. The second-order valence-electron chi connectivity index (χ2n) is 5.05. The Labute approximate surface area is 114 Å². The maximum atomic E-state index is 12.5. The lowest BCUT2D eigenvalue weighted by Crippen LogP contribution is -2.35. The zero-order valence-electron chi connectivity index (χ0n) is 10.8. The molecule has 0 bridgehead atoms. The van der Waals surface area contributed by atoms with E-state index < -0.39 is 17.7 Å². The first kappa shape index (κ1) is 14.8. The van der Waals surface area contributed by atoms with Crippen molar-refractivity contribution in [2.45, 2.75) is 31.5 Å². The van der Waals surface area contributed by atoms with Crippen LogP contribution in [-0.4, -0.2) is 17.6 Å². The van der Waals surface area contributed by atoms with E-state index in [2.05, 4.69) is 5.32 Å². The lowest BCUT2D eigenvalue weighted by atomic mass is 9.84. The van der Waals surface area contributed by atoms with E-state index >= 15 is 0 Å². The minimum Gasteiger partial charge on any atom is -0.481 e. The summed E-state index contributed by atoms with van der Waals surface area (Å²) in [6.07, 6.45) is -2.67. The Balaban J connectivity index is 2.17. The predicted octanol–water partition coefficient (Wildman–Crippen LogP) is 3.22. The van der Waals surface area contributed by atoms with Crippen LogP contribution in [0.3, 0.4) is 0 Å². The molecule has 2 unspecified atom stereocenters. The first-order valence-electron chi connectivity index (χ1n) is 6.50. The van der Waals surface area contributed by atoms with Crippen molar-refractivity contribution in [3.05, 3.63) is 35.4 Å². The molecule has 20 heavy (non-hydrogen) atoms. The van der Waals surface area contributed by atoms with Gasteiger partial charge in [-0.15, -0.1) is 0 Å². The second kappa shape index (κ2) is 5.83. The monoisotopic (exact) mass is 287 g/mol. The highest BCUT2D eigenvalue weighted by atomic mass is 19.4. The molecular weight excluding hydrogens is 271 g/mol. The molecular formula is C14H16F3NO2. The number of aliphatic carboxylic acids is 1. The van der Waals surface area contributed by atoms with Gasteiger partial charge in [-0.3, -0.25) is 4.79 Å². The highest BCUT2D eigenvalue weighted by Gasteiger charge is 2.32. The van der Waals surface area contributed by atoms with Crippen LogP contribution in [0, 0.1) is 5.92 Å². The summed E-state index contributed by atoms with van der Waals surface area (Å²) in [6, 6.07) is 4.76. The summed E-state index contributed by atoms with van der Waals surface area (Å²) in [5.74, 6) is -0.964. The molecule has 1 fully saturated rings. The normalized spacial score (nSPS) is 23.6. The van der Waals surface area contributed by atoms with Gasteiger partial charge in [-0.2, -0.15) is 13.2 Å². The van der Waals surface area contributed by atoms with Gasteiger partial charge >= 0.3 is 12.1 Å². The standard InChI is InChI=1S/C14H16F3NO2/c15-14(16,17)11-5-3-9(4-6-11)13-10(8-12(19)20)2-1-7-18-13/h3-6,10,13,18H,1-2,7-8H2,(H,19,20). The average Bonchev–Trinajstić information content (AvgIpc) is 2.38. The van der Waals surface area contributed by atoms with Crippen molar-refractivity contribution < 1.29 is 23.1 Å². The molecule has 2 N–H and O–H groups in total. The number of nitrogens with one attached hydrogen (secondary N) is 1. The quantitative estimate of drug-likeness (QED) is 0.897. The van der Waals surface area contributed by atoms with Gasteiger partial charge in [0.1, 0.15) is 0 Å². The fraction of sp³-hybridized carbons (Fsp3) is 0.500. The molecule has 0 amide bonds. The molecule has 3 nitrogen and oxygen atoms in total. The fourth-order valence-electron chi connectivity index (χ4n) is 2.67. The molecule has 0 radical (unpaired) electrons. The largest absolute Gasteiger partial charge is 0.481 e. The van der Waals surface area contributed by atoms with Gasteiger partial charge in [0.15, 0.2) is 0 Å². The van der Waals surface area contributed by atoms with E-state index in [0.717, 1.165) is 31.5 Å². The van der Waals surface area contributed by atoms with E-state index in [1.54, 1.807) is 0 Å². The van der Waals surface area contributed by atoms with E-state index in [1.807, 2.05) is 0 Å². The van der Waals surface area contributed by atoms with Gasteiger partial charge in [-0.25, -0.2) is 0 Å². The average molecular weight is 287 g/mol. The minimum atomic E-state index is -4.35. The van der Waals surface area contributed by atoms with Crippen LogP contribution < -0.4 is 5.32 Å². The number of hydrogen-bond acceptors (Lipinski definition) is 2. The van der Waals surface area contributed by atoms with Crippen LogP contribution >= 0.6 is 0 Å². The molecule has 1 aliphatic rings. The Kier molecular flexibility index (Phi) is 4.32. The number of piperidine rings is 1. The van der Waals surface area contributed by atoms with Crippen molar-refractivity contribution in [2.24, 2.45) is 5.92 Å². The van der Waals surface area contributed by atoms with Crippen LogP contribution in [-0.2, 0) is 11.0 Å². The van der Waals surface area contributed by atoms with Crippen molar-refractivity contribution in [1.82, 2.24) is 5.32 Å². The molecule has 1 heterocycles. The van der Waals surface area contributed by atoms with Crippen molar-refractivity contribution in [3.8, 4) is 0 Å². The molecule has 1 saturated heterocycles. The van der Waals surface area contributed by atoms with E-state index in [9.17, 15) is 18.0 Å². The van der Waals surface area contributed by atoms with Crippen LogP contribution in [0.4, 0.5) is 13.2 Å². The van der Waals surface area contributed by atoms with E-state index in [-0.39, 0.29) is 18.4 Å². The summed E-state index contributed by atoms with van der Waals surface area (Å²) in [5, 5.41) is 12.1. The Bertz CT molecular complexity index is 470. The number of benzene rings is 1. The van der Waals surface area contributed by atoms with Crippen molar-refractivity contribution in [1.29, 1.82) is 0 Å². The topological polar surface area (TPSA) is 49.3 Å². The molecule has 1 aliphatic heterocycles. The van der Waals surface area contributed by atoms with Crippen molar-refractivity contribution in [2.75, 3.05) is 6.54 Å². The molecule has 0 spiro atoms. The minimum absolute atomic E-state index is 0.0265. The molecule has 2 atom stereocenters. The lowest BCUT2D eigenvalue weighted by Gasteiger charge is -2.32. The molecule has 2 rings (SSSR count). The zero-order valence-corrected chi connectivity index (χ0v) is 10.8. The molecule has 1 aromatic rings. The second-order valence-corrected chi connectivity index (χ2v) is 5.05. The number of alkyl halides is 3. The van der Waals surface area contributed by atoms with Gasteiger partial charge in [0.2, 0.25) is 0 Å². The maximum Gasteiger partial charge on any atom is 0.416 e. The Morgan fingerprint density at radius 1 is 1.30 bits per heavy atom. The fourth-order valence-corrected chi connectivity index (χ4v) is 2.67. The third kappa shape index (κ3) is 3.50. The number of carboxylic acids is 1. The van der Waals surface area contributed by atoms with Crippen LogP contribution in [0.5, 0.6) is 0 Å². The molecule has 0 aliphatic carbocycles. The Morgan fingerprint density at radius 3 is 2.50 bits per heavy atom. The van der Waals surface area contributed by atoms with Gasteiger partial charge in [-0.05, 0) is 43.0 Å². The highest BCUT2D eigenvalue weighted by Crippen LogP contribution is 2.34. The maximum absolute atomic E-state index is 12.5. The third-order valence-electron chi connectivity index (χ3n) is 3.62. The van der Waals surface area contributed by atoms with Gasteiger partial charge in [0.25, 0.3) is 0 Å². The molecule has 110 valence electrons. The number of carboxylic acid groups (broad SMARTS) is 1. The number of hydrogen-bond donors (Lipinski definition) is 2. The van der Waals surface area contributed by atoms with Crippen LogP contribution in [0.15, 0.2) is 24.3 Å². The number of halogens is 3. The van der Waals surface area contributed by atoms with Crippen molar-refractivity contribution in [3.63, 3.8) is 0 Å². The molecule has 6 heteroatoms. The van der Waals surface area contributed by atoms with Gasteiger partial charge in [0.05, 0.1) is 5.56 Å². The number of carbonyl (C=O) groups is 1. The van der Waals surface area contributed by atoms with E-state index in [4.69, 9.17) is 5.11 Å². The van der Waals surface area contributed by atoms with E-state index in [1.165, 1.54) is 12.1 Å². The molecule has 0 saturated carbocycles. The predicted molar refractivity (Wildman–Crippen MR) is 67.2 cm³/mol. The lowest BCUT2D eigenvalue weighted by molar-refractivity contribution is -0.139. The Morgan fingerprint density at radius 2 is 1.95 bits per heavy atom. The van der Waals surface area contributed by atoms with Gasteiger partial charge in [-0.1, -0.05) is 12.1 Å². The first-order valence-corrected chi connectivity index (χ1v) is 6.50. The third-order valence-corrected chi connectivity index (χ3v) is 3.62. The van der Waals surface area contributed by atoms with Gasteiger partial charge in [0, 0.05) is 12.5 Å². The van der Waals surface area contributed by atoms with Crippen LogP contribution in [0.1, 0.15) is 36.4 Å². The smallest absolute Gasteiger partial charge is 0.416 e. The molecule has 0 aromatic heterocycles. The Hall–Kier alpha value is -1.56. The molecule has 1 aromatic carbocycles. The summed E-state index contributed by atoms with van der Waals surface area (Å²) in [5.41, 5.74) is 0.0239. The van der Waals surface area contributed by atoms with Crippen molar-refractivity contribution >= 4 is 5.97 Å². The summed E-state index contributed by atoms with van der Waals surface area (Å²) in [6.45, 7) is 0.752. The summed E-state index contributed by atoms with van der Waals surface area (Å²) < 4.78 is 37.6. The number of rotatable bonds is 3. The SMILES string of the molecule is O=C(O)CC1CCCNC1c1ccc(C(F)(F)F)cc1. The van der Waals surface area contributed by atoms with Crippen LogP contribution in [0.2, 0.25) is 0 Å². The van der Waals surface area contributed by atoms with Gasteiger partial charge < -0.3 is 10.4 Å². The summed E-state index contributed by atoms with van der Waals surface area (Å²) in [7, 11) is 0. The van der Waals surface area contributed by atoms with E-state index in [0.29, 0.717) is 5.56 Å². The zero-order chi connectivity index (χ0) is 14.8. The highest BCUT2D eigenvalue weighted by molar-refractivity contribution is 5.67. The summed E-state index contributed by atoms with van der Waals surface area (Å²) >= 11 is 0. The summed E-state index contributed by atoms with van der Waals surface area (Å²) in [4.78, 5) is 10.9.